The largest absolute Gasteiger partial charge is 0.454 e. The Balaban J connectivity index is 1.04. The van der Waals surface area contributed by atoms with Gasteiger partial charge in [0.15, 0.2) is 11.5 Å². The first kappa shape index (κ1) is 29.5. The Morgan fingerprint density at radius 3 is 1.98 bits per heavy atom. The topological polar surface area (TPSA) is 141 Å². The number of aromatic nitrogens is 3. The monoisotopic (exact) mass is 585 g/mol. The van der Waals surface area contributed by atoms with Gasteiger partial charge in [0, 0.05) is 31.7 Å². The molecule has 0 saturated heterocycles. The van der Waals surface area contributed by atoms with E-state index in [2.05, 4.69) is 36.2 Å². The number of carbonyl (C=O) groups excluding carboxylic acids is 1. The summed E-state index contributed by atoms with van der Waals surface area (Å²) in [6, 6.07) is 24.9. The second kappa shape index (κ2) is 15.9. The molecule has 12 nitrogen and oxygen atoms in total. The first-order chi connectivity index (χ1) is 21.2. The van der Waals surface area contributed by atoms with Crippen molar-refractivity contribution in [3.05, 3.63) is 95.6 Å². The molecule has 0 aliphatic carbocycles. The number of fused-ring (bicyclic) bond motifs is 1. The van der Waals surface area contributed by atoms with Gasteiger partial charge >= 0.3 is 0 Å². The quantitative estimate of drug-likeness (QED) is 0.135. The molecule has 1 aliphatic heterocycles. The average Bonchev–Trinajstić information content (AvgIpc) is 3.52. The van der Waals surface area contributed by atoms with E-state index in [4.69, 9.17) is 18.9 Å². The molecule has 1 aromatic heterocycles. The Bertz CT molecular complexity index is 1440. The maximum absolute atomic E-state index is 12.0. The third kappa shape index (κ3) is 9.55. The van der Waals surface area contributed by atoms with E-state index in [-0.39, 0.29) is 12.7 Å². The number of hydrogen-bond acceptors (Lipinski definition) is 11. The van der Waals surface area contributed by atoms with Gasteiger partial charge < -0.3 is 40.2 Å². The number of nitrogens with zero attached hydrogens (tertiary/aromatic N) is 3. The molecule has 43 heavy (non-hydrogen) atoms. The zero-order chi connectivity index (χ0) is 29.5. The normalized spacial score (nSPS) is 11.6. The predicted octanol–water partition coefficient (Wildman–Crippen LogP) is 3.70. The molecule has 0 spiro atoms. The van der Waals surface area contributed by atoms with Crippen molar-refractivity contribution in [3.8, 4) is 11.5 Å². The maximum Gasteiger partial charge on any atom is 0.251 e. The zero-order valence-corrected chi connectivity index (χ0v) is 23.8. The van der Waals surface area contributed by atoms with Crippen LogP contribution in [0.1, 0.15) is 21.5 Å². The lowest BCUT2D eigenvalue weighted by Gasteiger charge is -2.12. The Hall–Kier alpha value is -4.94. The summed E-state index contributed by atoms with van der Waals surface area (Å²) in [5, 5.41) is 12.6. The van der Waals surface area contributed by atoms with Crippen LogP contribution < -0.4 is 30.7 Å². The van der Waals surface area contributed by atoms with Crippen LogP contribution in [0.25, 0.3) is 0 Å². The molecular formula is C31H35N7O5. The van der Waals surface area contributed by atoms with Gasteiger partial charge in [-0.1, -0.05) is 54.6 Å². The second-order valence-corrected chi connectivity index (χ2v) is 9.46. The molecule has 0 atom stereocenters. The van der Waals surface area contributed by atoms with Gasteiger partial charge in [-0.15, -0.1) is 0 Å². The number of anilines is 3. The van der Waals surface area contributed by atoms with Gasteiger partial charge in [0.05, 0.1) is 26.4 Å². The highest BCUT2D eigenvalue weighted by Gasteiger charge is 2.14. The van der Waals surface area contributed by atoms with Gasteiger partial charge in [0.1, 0.15) is 0 Å². The number of ether oxygens (including phenoxy) is 4. The molecule has 0 radical (unpaired) electrons. The van der Waals surface area contributed by atoms with Crippen molar-refractivity contribution in [1.29, 1.82) is 0 Å². The average molecular weight is 586 g/mol. The smallest absolute Gasteiger partial charge is 0.251 e. The number of rotatable bonds is 17. The fourth-order valence-electron chi connectivity index (χ4n) is 4.11. The summed E-state index contributed by atoms with van der Waals surface area (Å²) in [6.07, 6.45) is 0. The van der Waals surface area contributed by atoms with E-state index in [1.165, 1.54) is 0 Å². The first-order valence-corrected chi connectivity index (χ1v) is 14.1. The lowest BCUT2D eigenvalue weighted by Crippen LogP contribution is -2.27. The molecule has 5 rings (SSSR count). The summed E-state index contributed by atoms with van der Waals surface area (Å²) in [4.78, 5) is 25.6. The lowest BCUT2D eigenvalue weighted by molar-refractivity contribution is 0.0519. The Morgan fingerprint density at radius 2 is 1.26 bits per heavy atom. The molecule has 12 heteroatoms. The van der Waals surface area contributed by atoms with Crippen molar-refractivity contribution < 1.29 is 23.7 Å². The van der Waals surface area contributed by atoms with Gasteiger partial charge in [-0.05, 0) is 35.4 Å². The molecule has 224 valence electrons. The third-order valence-corrected chi connectivity index (χ3v) is 6.29. The second-order valence-electron chi connectivity index (χ2n) is 9.46. The van der Waals surface area contributed by atoms with Gasteiger partial charge in [-0.25, -0.2) is 0 Å². The predicted molar refractivity (Wildman–Crippen MR) is 162 cm³/mol. The van der Waals surface area contributed by atoms with Crippen LogP contribution in [-0.4, -0.2) is 67.2 Å². The first-order valence-electron chi connectivity index (χ1n) is 14.1. The molecule has 4 N–H and O–H groups in total. The molecule has 0 fully saturated rings. The van der Waals surface area contributed by atoms with Gasteiger partial charge in [-0.2, -0.15) is 15.0 Å². The molecule has 0 unspecified atom stereocenters. The number of carbonyl (C=O) groups is 1. The van der Waals surface area contributed by atoms with Crippen molar-refractivity contribution >= 4 is 23.8 Å². The number of nitrogens with one attached hydrogen (secondary N) is 4. The minimum Gasteiger partial charge on any atom is -0.454 e. The van der Waals surface area contributed by atoms with E-state index in [1.807, 2.05) is 66.7 Å². The summed E-state index contributed by atoms with van der Waals surface area (Å²) in [6.45, 7) is 3.93. The Kier molecular flexibility index (Phi) is 10.9. The standard InChI is InChI=1S/C31H35N7O5/c39-28(25-9-5-2-6-10-25)32-13-15-40-17-18-41-16-14-33-29-36-30(34-20-23-7-3-1-4-8-23)38-31(37-29)35-21-24-11-12-26-27(19-24)43-22-42-26/h1-12,19H,13-18,20-22H2,(H,32,39)(H3,33,34,35,36,37,38). The van der Waals surface area contributed by atoms with Crippen molar-refractivity contribution in [2.45, 2.75) is 13.1 Å². The fourth-order valence-corrected chi connectivity index (χ4v) is 4.11. The van der Waals surface area contributed by atoms with Crippen LogP contribution in [0.15, 0.2) is 78.9 Å². The van der Waals surface area contributed by atoms with Crippen LogP contribution in [0.2, 0.25) is 0 Å². The summed E-state index contributed by atoms with van der Waals surface area (Å²) in [5.74, 6) is 2.65. The van der Waals surface area contributed by atoms with E-state index in [9.17, 15) is 4.79 Å². The summed E-state index contributed by atoms with van der Waals surface area (Å²) in [7, 11) is 0. The molecule has 2 heterocycles. The maximum atomic E-state index is 12.0. The molecule has 1 aliphatic rings. The van der Waals surface area contributed by atoms with Crippen LogP contribution in [0, 0.1) is 0 Å². The van der Waals surface area contributed by atoms with Gasteiger partial charge in [-0.3, -0.25) is 4.79 Å². The van der Waals surface area contributed by atoms with Crippen molar-refractivity contribution in [2.24, 2.45) is 0 Å². The highest BCUT2D eigenvalue weighted by Crippen LogP contribution is 2.32. The van der Waals surface area contributed by atoms with Crippen molar-refractivity contribution in [2.75, 3.05) is 62.3 Å². The number of benzene rings is 3. The van der Waals surface area contributed by atoms with E-state index in [0.717, 1.165) is 22.6 Å². The van der Waals surface area contributed by atoms with Crippen LogP contribution in [0.5, 0.6) is 11.5 Å². The Morgan fingerprint density at radius 1 is 0.651 bits per heavy atom. The zero-order valence-electron chi connectivity index (χ0n) is 23.8. The molecule has 3 aromatic carbocycles. The third-order valence-electron chi connectivity index (χ3n) is 6.29. The van der Waals surface area contributed by atoms with E-state index in [1.54, 1.807) is 12.1 Å². The Labute approximate surface area is 250 Å². The van der Waals surface area contributed by atoms with Gasteiger partial charge in [0.25, 0.3) is 5.91 Å². The molecule has 4 aromatic rings. The van der Waals surface area contributed by atoms with Gasteiger partial charge in [0.2, 0.25) is 24.6 Å². The lowest BCUT2D eigenvalue weighted by atomic mass is 10.2. The molecule has 1 amide bonds. The number of amides is 1. The van der Waals surface area contributed by atoms with Crippen LogP contribution in [0.4, 0.5) is 17.8 Å². The number of hydrogen-bond donors (Lipinski definition) is 4. The minimum atomic E-state index is -0.116. The molecular weight excluding hydrogens is 550 g/mol. The van der Waals surface area contributed by atoms with E-state index < -0.39 is 0 Å². The van der Waals surface area contributed by atoms with Crippen molar-refractivity contribution in [1.82, 2.24) is 20.3 Å². The highest BCUT2D eigenvalue weighted by molar-refractivity contribution is 5.94. The summed E-state index contributed by atoms with van der Waals surface area (Å²) in [5.41, 5.74) is 2.75. The van der Waals surface area contributed by atoms with Crippen molar-refractivity contribution in [3.63, 3.8) is 0 Å². The van der Waals surface area contributed by atoms with E-state index in [0.29, 0.717) is 76.0 Å². The minimum absolute atomic E-state index is 0.116. The van der Waals surface area contributed by atoms with E-state index >= 15 is 0 Å². The fraction of sp³-hybridized carbons (Fsp3) is 0.290. The van der Waals surface area contributed by atoms with Crippen LogP contribution in [0.3, 0.4) is 0 Å². The SMILES string of the molecule is O=C(NCCOCCOCCNc1nc(NCc2ccccc2)nc(NCc2ccc3c(c2)OCO3)n1)c1ccccc1. The summed E-state index contributed by atoms with van der Waals surface area (Å²) < 4.78 is 22.1. The summed E-state index contributed by atoms with van der Waals surface area (Å²) >= 11 is 0. The van der Waals surface area contributed by atoms with Crippen LogP contribution >= 0.6 is 0 Å². The molecule has 0 bridgehead atoms. The molecule has 0 saturated carbocycles. The van der Waals surface area contributed by atoms with Crippen LogP contribution in [-0.2, 0) is 22.6 Å². The highest BCUT2D eigenvalue weighted by atomic mass is 16.7.